The van der Waals surface area contributed by atoms with Crippen LogP contribution in [0.5, 0.6) is 0 Å². The molecule has 15 heavy (non-hydrogen) atoms. The van der Waals surface area contributed by atoms with Gasteiger partial charge in [0.25, 0.3) is 0 Å². The molecule has 0 atom stereocenters. The molecule has 1 heterocycles. The summed E-state index contributed by atoms with van der Waals surface area (Å²) in [6, 6.07) is 1.39. The maximum atomic E-state index is 11.5. The SMILES string of the molecule is Cn1cc(C(=O)O)c(=O)cc1C(C)(C)C. The zero-order valence-electron chi connectivity index (χ0n) is 9.37. The number of aromatic carboxylic acids is 1. The summed E-state index contributed by atoms with van der Waals surface area (Å²) in [5.41, 5.74) is 0.0128. The predicted octanol–water partition coefficient (Wildman–Crippen LogP) is 1.38. The number of hydrogen-bond acceptors (Lipinski definition) is 2. The fourth-order valence-corrected chi connectivity index (χ4v) is 1.54. The van der Waals surface area contributed by atoms with Crippen molar-refractivity contribution in [1.82, 2.24) is 4.57 Å². The van der Waals surface area contributed by atoms with Gasteiger partial charge in [-0.05, 0) is 0 Å². The van der Waals surface area contributed by atoms with Crippen LogP contribution in [0.4, 0.5) is 0 Å². The normalized spacial score (nSPS) is 11.5. The average Bonchev–Trinajstić information content (AvgIpc) is 2.06. The van der Waals surface area contributed by atoms with Gasteiger partial charge in [-0.2, -0.15) is 0 Å². The molecule has 1 rings (SSSR count). The second-order valence-electron chi connectivity index (χ2n) is 4.60. The lowest BCUT2D eigenvalue weighted by molar-refractivity contribution is 0.0694. The van der Waals surface area contributed by atoms with E-state index in [-0.39, 0.29) is 11.0 Å². The lowest BCUT2D eigenvalue weighted by Crippen LogP contribution is -2.25. The standard InChI is InChI=1S/C11H15NO3/c1-11(2,3)9-5-8(13)7(10(14)15)6-12(9)4/h5-6H,1-4H3,(H,14,15). The molecule has 0 aromatic carbocycles. The summed E-state index contributed by atoms with van der Waals surface area (Å²) >= 11 is 0. The molecule has 0 aliphatic rings. The third kappa shape index (κ3) is 2.26. The first-order valence-corrected chi connectivity index (χ1v) is 4.68. The average molecular weight is 209 g/mol. The van der Waals surface area contributed by atoms with Crippen molar-refractivity contribution in [2.45, 2.75) is 26.2 Å². The number of carbonyl (C=O) groups is 1. The van der Waals surface area contributed by atoms with Crippen LogP contribution in [-0.4, -0.2) is 15.6 Å². The first kappa shape index (κ1) is 11.5. The van der Waals surface area contributed by atoms with E-state index in [0.29, 0.717) is 0 Å². The van der Waals surface area contributed by atoms with Gasteiger partial charge in [0.2, 0.25) is 0 Å². The monoisotopic (exact) mass is 209 g/mol. The van der Waals surface area contributed by atoms with Crippen LogP contribution in [0.1, 0.15) is 36.8 Å². The molecular weight excluding hydrogens is 194 g/mol. The van der Waals surface area contributed by atoms with Gasteiger partial charge in [0, 0.05) is 30.4 Å². The number of aryl methyl sites for hydroxylation is 1. The van der Waals surface area contributed by atoms with Crippen LogP contribution in [0.15, 0.2) is 17.1 Å². The topological polar surface area (TPSA) is 59.3 Å². The zero-order valence-corrected chi connectivity index (χ0v) is 9.37. The van der Waals surface area contributed by atoms with Gasteiger partial charge in [-0.15, -0.1) is 0 Å². The summed E-state index contributed by atoms with van der Waals surface area (Å²) in [7, 11) is 1.74. The Morgan fingerprint density at radius 3 is 2.33 bits per heavy atom. The van der Waals surface area contributed by atoms with Gasteiger partial charge >= 0.3 is 5.97 Å². The number of rotatable bonds is 1. The van der Waals surface area contributed by atoms with Crippen molar-refractivity contribution < 1.29 is 9.90 Å². The molecule has 82 valence electrons. The molecule has 0 saturated heterocycles. The Labute approximate surface area is 88.2 Å². The largest absolute Gasteiger partial charge is 0.477 e. The number of nitrogens with zero attached hydrogens (tertiary/aromatic N) is 1. The van der Waals surface area contributed by atoms with Gasteiger partial charge in [-0.25, -0.2) is 4.79 Å². The molecule has 0 bridgehead atoms. The summed E-state index contributed by atoms with van der Waals surface area (Å²) in [6.07, 6.45) is 1.37. The molecular formula is C11H15NO3. The molecule has 1 aromatic heterocycles. The third-order valence-corrected chi connectivity index (χ3v) is 2.23. The van der Waals surface area contributed by atoms with E-state index in [1.807, 2.05) is 20.8 Å². The van der Waals surface area contributed by atoms with Crippen LogP contribution in [-0.2, 0) is 12.5 Å². The van der Waals surface area contributed by atoms with Crippen molar-refractivity contribution in [2.75, 3.05) is 0 Å². The number of aromatic nitrogens is 1. The van der Waals surface area contributed by atoms with Gasteiger partial charge in [-0.1, -0.05) is 20.8 Å². The molecule has 0 amide bonds. The molecule has 4 heteroatoms. The van der Waals surface area contributed by atoms with E-state index in [1.165, 1.54) is 12.3 Å². The Morgan fingerprint density at radius 2 is 1.93 bits per heavy atom. The van der Waals surface area contributed by atoms with Gasteiger partial charge in [-0.3, -0.25) is 4.79 Å². The van der Waals surface area contributed by atoms with Crippen molar-refractivity contribution in [3.8, 4) is 0 Å². The van der Waals surface area contributed by atoms with Crippen LogP contribution in [0.25, 0.3) is 0 Å². The van der Waals surface area contributed by atoms with E-state index >= 15 is 0 Å². The quantitative estimate of drug-likeness (QED) is 0.760. The Bertz CT molecular complexity index is 452. The molecule has 0 radical (unpaired) electrons. The summed E-state index contributed by atoms with van der Waals surface area (Å²) in [4.78, 5) is 22.2. The van der Waals surface area contributed by atoms with E-state index in [0.717, 1.165) is 5.69 Å². The maximum Gasteiger partial charge on any atom is 0.341 e. The summed E-state index contributed by atoms with van der Waals surface area (Å²) in [5.74, 6) is -1.18. The molecule has 0 aliphatic carbocycles. The highest BCUT2D eigenvalue weighted by atomic mass is 16.4. The Morgan fingerprint density at radius 1 is 1.40 bits per heavy atom. The fraction of sp³-hybridized carbons (Fsp3) is 0.455. The van der Waals surface area contributed by atoms with Crippen LogP contribution in [0.3, 0.4) is 0 Å². The lowest BCUT2D eigenvalue weighted by Gasteiger charge is -2.22. The minimum atomic E-state index is -1.18. The van der Waals surface area contributed by atoms with Crippen LogP contribution >= 0.6 is 0 Å². The Kier molecular flexibility index (Phi) is 2.71. The minimum Gasteiger partial charge on any atom is -0.477 e. The van der Waals surface area contributed by atoms with Crippen molar-refractivity contribution in [2.24, 2.45) is 7.05 Å². The first-order chi connectivity index (χ1) is 6.73. The van der Waals surface area contributed by atoms with E-state index in [4.69, 9.17) is 5.11 Å². The summed E-state index contributed by atoms with van der Waals surface area (Å²) in [6.45, 7) is 5.92. The van der Waals surface area contributed by atoms with E-state index in [2.05, 4.69) is 0 Å². The van der Waals surface area contributed by atoms with Crippen molar-refractivity contribution in [3.63, 3.8) is 0 Å². The molecule has 0 spiro atoms. The number of hydrogen-bond donors (Lipinski definition) is 1. The highest BCUT2D eigenvalue weighted by Crippen LogP contribution is 2.20. The van der Waals surface area contributed by atoms with E-state index < -0.39 is 11.4 Å². The molecule has 1 aromatic rings. The van der Waals surface area contributed by atoms with Crippen LogP contribution in [0.2, 0.25) is 0 Å². The second-order valence-corrected chi connectivity index (χ2v) is 4.60. The molecule has 0 saturated carbocycles. The second kappa shape index (κ2) is 3.53. The van der Waals surface area contributed by atoms with E-state index in [9.17, 15) is 9.59 Å². The smallest absolute Gasteiger partial charge is 0.341 e. The fourth-order valence-electron chi connectivity index (χ4n) is 1.54. The van der Waals surface area contributed by atoms with Gasteiger partial charge < -0.3 is 9.67 Å². The van der Waals surface area contributed by atoms with Gasteiger partial charge in [0.15, 0.2) is 5.43 Å². The number of pyridine rings is 1. The van der Waals surface area contributed by atoms with Gasteiger partial charge in [0.05, 0.1) is 0 Å². The highest BCUT2D eigenvalue weighted by Gasteiger charge is 2.19. The highest BCUT2D eigenvalue weighted by molar-refractivity contribution is 5.87. The molecule has 4 nitrogen and oxygen atoms in total. The van der Waals surface area contributed by atoms with Crippen molar-refractivity contribution in [1.29, 1.82) is 0 Å². The maximum absolute atomic E-state index is 11.5. The van der Waals surface area contributed by atoms with Crippen molar-refractivity contribution >= 4 is 5.97 Å². The molecule has 0 unspecified atom stereocenters. The lowest BCUT2D eigenvalue weighted by atomic mass is 9.91. The van der Waals surface area contributed by atoms with E-state index in [1.54, 1.807) is 11.6 Å². The van der Waals surface area contributed by atoms with Gasteiger partial charge in [0.1, 0.15) is 5.56 Å². The first-order valence-electron chi connectivity index (χ1n) is 4.68. The zero-order chi connectivity index (χ0) is 11.8. The Hall–Kier alpha value is -1.58. The number of carboxylic acid groups (broad SMARTS) is 1. The van der Waals surface area contributed by atoms with Crippen LogP contribution < -0.4 is 5.43 Å². The molecule has 0 aliphatic heterocycles. The summed E-state index contributed by atoms with van der Waals surface area (Å²) < 4.78 is 1.69. The van der Waals surface area contributed by atoms with Crippen LogP contribution in [0, 0.1) is 0 Å². The Balaban J connectivity index is 3.46. The van der Waals surface area contributed by atoms with Crippen molar-refractivity contribution in [3.05, 3.63) is 33.7 Å². The summed E-state index contributed by atoms with van der Waals surface area (Å²) in [5, 5.41) is 8.77. The molecule has 1 N–H and O–H groups in total. The minimum absolute atomic E-state index is 0.176. The predicted molar refractivity (Wildman–Crippen MR) is 57.3 cm³/mol. The number of carboxylic acids is 1. The molecule has 0 fully saturated rings. The third-order valence-electron chi connectivity index (χ3n) is 2.23.